The summed E-state index contributed by atoms with van der Waals surface area (Å²) in [6.07, 6.45) is 2.25. The first-order valence-electron chi connectivity index (χ1n) is 16.0. The summed E-state index contributed by atoms with van der Waals surface area (Å²) in [7, 11) is -0.760. The van der Waals surface area contributed by atoms with E-state index in [1.807, 2.05) is 43.3 Å². The van der Waals surface area contributed by atoms with Crippen LogP contribution < -0.4 is 19.7 Å². The van der Waals surface area contributed by atoms with Crippen LogP contribution in [0.15, 0.2) is 66.7 Å². The second-order valence-corrected chi connectivity index (χ2v) is 17.9. The second-order valence-electron chi connectivity index (χ2n) is 13.2. The van der Waals surface area contributed by atoms with Crippen LogP contribution >= 0.6 is 0 Å². The number of hydrogen-bond donors (Lipinski definition) is 1. The minimum absolute atomic E-state index is 0.0856. The molecule has 4 atom stereocenters. The first kappa shape index (κ1) is 31.9. The molecular formula is C35H41N3O7Si. The lowest BCUT2D eigenvalue weighted by atomic mass is 9.82. The molecule has 0 radical (unpaired) electrons. The van der Waals surface area contributed by atoms with Gasteiger partial charge in [0.05, 0.1) is 38.4 Å². The van der Waals surface area contributed by atoms with Gasteiger partial charge in [0.15, 0.2) is 5.60 Å². The molecule has 3 aliphatic rings. The lowest BCUT2D eigenvalue weighted by Crippen LogP contribution is -2.51. The highest BCUT2D eigenvalue weighted by molar-refractivity contribution is 6.91. The Morgan fingerprint density at radius 3 is 2.52 bits per heavy atom. The lowest BCUT2D eigenvalue weighted by Gasteiger charge is -2.37. The molecule has 11 heteroatoms. The summed E-state index contributed by atoms with van der Waals surface area (Å²) in [6.45, 7) is 7.29. The van der Waals surface area contributed by atoms with Crippen LogP contribution in [0.2, 0.25) is 18.6 Å². The van der Waals surface area contributed by atoms with Gasteiger partial charge in [-0.1, -0.05) is 49.5 Å². The highest BCUT2D eigenvalue weighted by atomic mass is 28.3. The maximum absolute atomic E-state index is 14.9. The maximum atomic E-state index is 14.9. The molecule has 10 nitrogen and oxygen atoms in total. The van der Waals surface area contributed by atoms with Crippen LogP contribution in [0.25, 0.3) is 0 Å². The fraction of sp³-hybridized carbons (Fsp3) is 0.429. The monoisotopic (exact) mass is 643 g/mol. The lowest BCUT2D eigenvalue weighted by molar-refractivity contribution is -0.385. The Morgan fingerprint density at radius 2 is 1.85 bits per heavy atom. The van der Waals surface area contributed by atoms with Crippen LogP contribution in [0.3, 0.4) is 0 Å². The molecule has 0 aliphatic carbocycles. The largest absolute Gasteiger partial charge is 0.497 e. The predicted molar refractivity (Wildman–Crippen MR) is 178 cm³/mol. The maximum Gasteiger partial charge on any atom is 0.269 e. The SMILES string of the molecule is COc1ccc([Si](C)(C)[C@H]2[C@H](CCO)O[C@@]3(C(=O)N(Cc4cccc(N5CCCCC5=O)c4)c4ccc([N+](=O)[O-])cc43)[C@@H]2C)cc1. The van der Waals surface area contributed by atoms with Gasteiger partial charge in [0, 0.05) is 48.9 Å². The quantitative estimate of drug-likeness (QED) is 0.192. The number of piperidine rings is 1. The van der Waals surface area contributed by atoms with Gasteiger partial charge in [-0.15, -0.1) is 0 Å². The zero-order chi connectivity index (χ0) is 32.8. The van der Waals surface area contributed by atoms with Gasteiger partial charge in [-0.05, 0) is 60.7 Å². The Bertz CT molecular complexity index is 1660. The van der Waals surface area contributed by atoms with Crippen LogP contribution in [-0.2, 0) is 26.5 Å². The molecule has 3 aromatic carbocycles. The molecule has 1 spiro atoms. The molecule has 0 saturated carbocycles. The van der Waals surface area contributed by atoms with Gasteiger partial charge in [0.2, 0.25) is 5.91 Å². The summed E-state index contributed by atoms with van der Waals surface area (Å²) >= 11 is 0. The van der Waals surface area contributed by atoms with Crippen molar-refractivity contribution in [3.63, 3.8) is 0 Å². The Labute approximate surface area is 270 Å². The van der Waals surface area contributed by atoms with E-state index in [2.05, 4.69) is 25.2 Å². The summed E-state index contributed by atoms with van der Waals surface area (Å²) in [6, 6.07) is 20.3. The van der Waals surface area contributed by atoms with Gasteiger partial charge >= 0.3 is 0 Å². The molecule has 1 N–H and O–H groups in total. The van der Waals surface area contributed by atoms with E-state index >= 15 is 0 Å². The standard InChI is InChI=1S/C35H41N3O7Si/c1-23-33(46(3,4)28-14-12-27(44-2)13-15-28)31(17-19-39)45-35(23)29-21-26(38(42)43)11-16-30(29)37(34(35)41)22-24-8-7-9-25(20-24)36-18-6-5-10-32(36)40/h7-9,11-16,20-21,23,31,33,39H,5-6,10,17-19,22H2,1-4H3/t23-,31+,33-,35+/m1/s1. The van der Waals surface area contributed by atoms with Gasteiger partial charge in [-0.25, -0.2) is 0 Å². The third-order valence-corrected chi connectivity index (χ3v) is 14.7. The minimum Gasteiger partial charge on any atom is -0.497 e. The van der Waals surface area contributed by atoms with Gasteiger partial charge in [0.25, 0.3) is 11.6 Å². The van der Waals surface area contributed by atoms with E-state index in [0.717, 1.165) is 29.8 Å². The summed E-state index contributed by atoms with van der Waals surface area (Å²) in [5, 5.41) is 23.3. The molecule has 3 aliphatic heterocycles. The summed E-state index contributed by atoms with van der Waals surface area (Å²) in [4.78, 5) is 42.5. The molecule has 0 unspecified atom stereocenters. The smallest absolute Gasteiger partial charge is 0.269 e. The number of ether oxygens (including phenoxy) is 2. The molecule has 6 rings (SSSR count). The normalized spacial score (nSPS) is 24.5. The highest BCUT2D eigenvalue weighted by Gasteiger charge is 2.66. The first-order chi connectivity index (χ1) is 22.0. The predicted octanol–water partition coefficient (Wildman–Crippen LogP) is 5.27. The van der Waals surface area contributed by atoms with Crippen molar-refractivity contribution in [3.8, 4) is 5.75 Å². The molecule has 2 amide bonds. The fourth-order valence-corrected chi connectivity index (χ4v) is 12.1. The zero-order valence-electron chi connectivity index (χ0n) is 26.8. The third kappa shape index (κ3) is 5.20. The number of anilines is 2. The Hall–Kier alpha value is -4.06. The number of nitro benzene ring substituents is 1. The van der Waals surface area contributed by atoms with Crippen molar-refractivity contribution in [1.82, 2.24) is 0 Å². The average molecular weight is 644 g/mol. The Morgan fingerprint density at radius 1 is 1.09 bits per heavy atom. The summed E-state index contributed by atoms with van der Waals surface area (Å²) < 4.78 is 12.3. The summed E-state index contributed by atoms with van der Waals surface area (Å²) in [5.41, 5.74) is 1.06. The molecule has 0 bridgehead atoms. The third-order valence-electron chi connectivity index (χ3n) is 10.3. The molecule has 242 valence electrons. The van der Waals surface area contributed by atoms with E-state index in [9.17, 15) is 24.8 Å². The molecule has 46 heavy (non-hydrogen) atoms. The average Bonchev–Trinajstić information content (AvgIpc) is 3.47. The van der Waals surface area contributed by atoms with Crippen molar-refractivity contribution < 1.29 is 29.1 Å². The van der Waals surface area contributed by atoms with Crippen LogP contribution in [0.4, 0.5) is 17.1 Å². The minimum atomic E-state index is -2.39. The number of nitrogens with zero attached hydrogens (tertiary/aromatic N) is 3. The van der Waals surface area contributed by atoms with Crippen molar-refractivity contribution in [1.29, 1.82) is 0 Å². The first-order valence-corrected chi connectivity index (χ1v) is 19.0. The number of non-ortho nitro benzene ring substituents is 1. The van der Waals surface area contributed by atoms with Crippen molar-refractivity contribution in [3.05, 3.63) is 88.0 Å². The second kappa shape index (κ2) is 12.3. The van der Waals surface area contributed by atoms with E-state index in [1.165, 1.54) is 17.3 Å². The van der Waals surface area contributed by atoms with Gasteiger partial charge in [0.1, 0.15) is 5.75 Å². The highest BCUT2D eigenvalue weighted by Crippen LogP contribution is 2.60. The molecule has 3 heterocycles. The van der Waals surface area contributed by atoms with Gasteiger partial charge in [-0.3, -0.25) is 19.7 Å². The Kier molecular flexibility index (Phi) is 8.51. The van der Waals surface area contributed by atoms with Crippen molar-refractivity contribution in [2.75, 3.05) is 30.1 Å². The van der Waals surface area contributed by atoms with Crippen LogP contribution in [0, 0.1) is 16.0 Å². The van der Waals surface area contributed by atoms with E-state index < -0.39 is 24.7 Å². The number of carbonyl (C=O) groups excluding carboxylic acids is 2. The molecular weight excluding hydrogens is 602 g/mol. The van der Waals surface area contributed by atoms with E-state index in [-0.39, 0.29) is 42.1 Å². The van der Waals surface area contributed by atoms with Gasteiger partial charge < -0.3 is 24.4 Å². The van der Waals surface area contributed by atoms with Crippen molar-refractivity contribution in [2.24, 2.45) is 5.92 Å². The van der Waals surface area contributed by atoms with E-state index in [0.29, 0.717) is 30.6 Å². The fourth-order valence-electron chi connectivity index (χ4n) is 8.05. The number of amides is 2. The van der Waals surface area contributed by atoms with Crippen molar-refractivity contribution in [2.45, 2.75) is 69.5 Å². The van der Waals surface area contributed by atoms with Crippen LogP contribution in [-0.4, -0.2) is 56.3 Å². The number of aliphatic hydroxyl groups is 1. The van der Waals surface area contributed by atoms with E-state index in [1.54, 1.807) is 23.0 Å². The number of nitro groups is 1. The number of rotatable bonds is 9. The van der Waals surface area contributed by atoms with Crippen LogP contribution in [0.1, 0.15) is 43.7 Å². The van der Waals surface area contributed by atoms with E-state index in [4.69, 9.17) is 9.47 Å². The topological polar surface area (TPSA) is 122 Å². The number of aliphatic hydroxyl groups excluding tert-OH is 1. The Balaban J connectivity index is 1.42. The molecule has 2 saturated heterocycles. The molecule has 2 fully saturated rings. The summed E-state index contributed by atoms with van der Waals surface area (Å²) in [5.74, 6) is 0.238. The molecule has 0 aromatic heterocycles. The number of fused-ring (bicyclic) bond motifs is 2. The zero-order valence-corrected chi connectivity index (χ0v) is 27.8. The number of methoxy groups -OCH3 is 1. The van der Waals surface area contributed by atoms with Crippen molar-refractivity contribution >= 4 is 42.1 Å². The number of carbonyl (C=O) groups is 2. The number of benzene rings is 3. The molecule has 3 aromatic rings. The van der Waals surface area contributed by atoms with Gasteiger partial charge in [-0.2, -0.15) is 0 Å². The van der Waals surface area contributed by atoms with Crippen LogP contribution in [0.5, 0.6) is 5.75 Å². The number of hydrogen-bond acceptors (Lipinski definition) is 7.